The molecule has 1 heterocycles. The number of phenolic OH excluding ortho intramolecular Hbond substituents is 1. The van der Waals surface area contributed by atoms with Crippen LogP contribution in [0.3, 0.4) is 0 Å². The Morgan fingerprint density at radius 1 is 0.793 bits per heavy atom. The molecule has 0 aliphatic rings. The number of benzene rings is 4. The number of hydrogen-bond donors (Lipinski definition) is 1. The second kappa shape index (κ2) is 7.22. The summed E-state index contributed by atoms with van der Waals surface area (Å²) >= 11 is 1.54. The van der Waals surface area contributed by atoms with Crippen LogP contribution in [-0.2, 0) is 0 Å². The average molecular weight is 398 g/mol. The van der Waals surface area contributed by atoms with Gasteiger partial charge in [-0.2, -0.15) is 0 Å². The lowest BCUT2D eigenvalue weighted by atomic mass is 10.1. The zero-order valence-corrected chi connectivity index (χ0v) is 16.6. The molecule has 29 heavy (non-hydrogen) atoms. The van der Waals surface area contributed by atoms with E-state index in [0.29, 0.717) is 0 Å². The minimum absolute atomic E-state index is 0.282. The number of rotatable bonds is 4. The van der Waals surface area contributed by atoms with Gasteiger partial charge in [0.15, 0.2) is 0 Å². The molecule has 4 heteroatoms. The van der Waals surface area contributed by atoms with Gasteiger partial charge in [0.05, 0.1) is 12.0 Å². The molecule has 142 valence electrons. The van der Waals surface area contributed by atoms with Gasteiger partial charge in [-0.25, -0.2) is 0 Å². The van der Waals surface area contributed by atoms with Crippen molar-refractivity contribution in [3.63, 3.8) is 0 Å². The molecule has 0 unspecified atom stereocenters. The SMILES string of the molecule is COc1ccc(-c2cc3c(Sc4ccccc4)c(O)c4ccccc4c3o2)cc1. The maximum absolute atomic E-state index is 11.1. The summed E-state index contributed by atoms with van der Waals surface area (Å²) in [6.45, 7) is 0. The van der Waals surface area contributed by atoms with E-state index in [1.807, 2.05) is 84.9 Å². The summed E-state index contributed by atoms with van der Waals surface area (Å²) < 4.78 is 11.6. The minimum atomic E-state index is 0.282. The van der Waals surface area contributed by atoms with E-state index >= 15 is 0 Å². The van der Waals surface area contributed by atoms with Gasteiger partial charge in [0, 0.05) is 26.6 Å². The fourth-order valence-corrected chi connectivity index (χ4v) is 4.50. The third kappa shape index (κ3) is 3.12. The summed E-state index contributed by atoms with van der Waals surface area (Å²) in [6.07, 6.45) is 0. The smallest absolute Gasteiger partial charge is 0.144 e. The molecule has 0 fully saturated rings. The van der Waals surface area contributed by atoms with Crippen LogP contribution in [0.4, 0.5) is 0 Å². The molecule has 0 saturated heterocycles. The standard InChI is InChI=1S/C25H18O3S/c1-27-17-13-11-16(12-14-17)22-15-21-24(28-22)20-10-6-5-9-19(20)23(26)25(21)29-18-7-3-2-4-8-18/h2-15,26H,1H3. The summed E-state index contributed by atoms with van der Waals surface area (Å²) in [4.78, 5) is 1.86. The molecule has 5 aromatic rings. The maximum Gasteiger partial charge on any atom is 0.144 e. The largest absolute Gasteiger partial charge is 0.506 e. The molecular weight excluding hydrogens is 380 g/mol. The van der Waals surface area contributed by atoms with E-state index in [1.165, 1.54) is 0 Å². The van der Waals surface area contributed by atoms with Gasteiger partial charge < -0.3 is 14.3 Å². The molecule has 5 rings (SSSR count). The Labute approximate surface area is 172 Å². The van der Waals surface area contributed by atoms with Gasteiger partial charge >= 0.3 is 0 Å². The molecule has 0 radical (unpaired) electrons. The predicted octanol–water partition coefficient (Wildman–Crippen LogP) is 7.12. The zero-order valence-electron chi connectivity index (χ0n) is 15.8. The van der Waals surface area contributed by atoms with E-state index in [9.17, 15) is 5.11 Å². The molecule has 0 amide bonds. The Hall–Kier alpha value is -3.37. The number of furan rings is 1. The highest BCUT2D eigenvalue weighted by Crippen LogP contribution is 2.47. The minimum Gasteiger partial charge on any atom is -0.506 e. The van der Waals surface area contributed by atoms with E-state index in [2.05, 4.69) is 0 Å². The highest BCUT2D eigenvalue weighted by molar-refractivity contribution is 7.99. The monoisotopic (exact) mass is 398 g/mol. The van der Waals surface area contributed by atoms with Gasteiger partial charge in [-0.1, -0.05) is 54.2 Å². The van der Waals surface area contributed by atoms with E-state index in [4.69, 9.17) is 9.15 Å². The van der Waals surface area contributed by atoms with Crippen LogP contribution in [0.15, 0.2) is 99.1 Å². The molecule has 0 aliphatic heterocycles. The van der Waals surface area contributed by atoms with E-state index < -0.39 is 0 Å². The van der Waals surface area contributed by atoms with Crippen LogP contribution in [0.1, 0.15) is 0 Å². The van der Waals surface area contributed by atoms with Gasteiger partial charge in [0.1, 0.15) is 22.8 Å². The van der Waals surface area contributed by atoms with Crippen molar-refractivity contribution in [1.29, 1.82) is 0 Å². The van der Waals surface area contributed by atoms with Crippen LogP contribution in [0.25, 0.3) is 33.1 Å². The first-order valence-electron chi connectivity index (χ1n) is 9.29. The Bertz CT molecular complexity index is 1310. The molecule has 3 nitrogen and oxygen atoms in total. The first-order valence-corrected chi connectivity index (χ1v) is 10.1. The molecule has 4 aromatic carbocycles. The molecule has 0 atom stereocenters. The van der Waals surface area contributed by atoms with Gasteiger partial charge in [-0.15, -0.1) is 0 Å². The quantitative estimate of drug-likeness (QED) is 0.350. The molecule has 0 spiro atoms. The van der Waals surface area contributed by atoms with Crippen molar-refractivity contribution in [2.24, 2.45) is 0 Å². The maximum atomic E-state index is 11.1. The Kier molecular flexibility index (Phi) is 4.41. The molecule has 1 aromatic heterocycles. The van der Waals surface area contributed by atoms with Crippen molar-refractivity contribution in [2.75, 3.05) is 7.11 Å². The highest BCUT2D eigenvalue weighted by Gasteiger charge is 2.19. The Morgan fingerprint density at radius 3 is 2.21 bits per heavy atom. The van der Waals surface area contributed by atoms with Gasteiger partial charge in [-0.05, 0) is 42.5 Å². The zero-order chi connectivity index (χ0) is 19.8. The molecular formula is C25H18O3S. The van der Waals surface area contributed by atoms with Crippen LogP contribution >= 0.6 is 11.8 Å². The van der Waals surface area contributed by atoms with Crippen LogP contribution in [0.2, 0.25) is 0 Å². The number of phenols is 1. The molecule has 0 saturated carbocycles. The van der Waals surface area contributed by atoms with Gasteiger partial charge in [0.25, 0.3) is 0 Å². The lowest BCUT2D eigenvalue weighted by Gasteiger charge is -2.09. The summed E-state index contributed by atoms with van der Waals surface area (Å²) in [5.74, 6) is 1.84. The number of hydrogen-bond acceptors (Lipinski definition) is 4. The lowest BCUT2D eigenvalue weighted by molar-refractivity contribution is 0.415. The molecule has 0 aliphatic carbocycles. The number of aromatic hydroxyl groups is 1. The second-order valence-electron chi connectivity index (χ2n) is 6.72. The van der Waals surface area contributed by atoms with Crippen molar-refractivity contribution >= 4 is 33.5 Å². The predicted molar refractivity (Wildman–Crippen MR) is 118 cm³/mol. The summed E-state index contributed by atoms with van der Waals surface area (Å²) in [5.41, 5.74) is 1.74. The van der Waals surface area contributed by atoms with E-state index in [0.717, 1.165) is 48.6 Å². The van der Waals surface area contributed by atoms with Crippen molar-refractivity contribution in [3.8, 4) is 22.8 Å². The third-order valence-electron chi connectivity index (χ3n) is 4.96. The van der Waals surface area contributed by atoms with E-state index in [1.54, 1.807) is 18.9 Å². The fraction of sp³-hybridized carbons (Fsp3) is 0.0400. The highest BCUT2D eigenvalue weighted by atomic mass is 32.2. The van der Waals surface area contributed by atoms with Crippen molar-refractivity contribution in [2.45, 2.75) is 9.79 Å². The Balaban J connectivity index is 1.75. The van der Waals surface area contributed by atoms with Crippen molar-refractivity contribution < 1.29 is 14.3 Å². The van der Waals surface area contributed by atoms with Gasteiger partial charge in [-0.3, -0.25) is 0 Å². The first kappa shape index (κ1) is 17.7. The average Bonchev–Trinajstić information content (AvgIpc) is 3.23. The Morgan fingerprint density at radius 2 is 1.48 bits per heavy atom. The molecule has 0 bridgehead atoms. The van der Waals surface area contributed by atoms with Crippen LogP contribution < -0.4 is 4.74 Å². The lowest BCUT2D eigenvalue weighted by Crippen LogP contribution is -1.81. The number of fused-ring (bicyclic) bond motifs is 3. The number of ether oxygens (including phenoxy) is 1. The van der Waals surface area contributed by atoms with E-state index in [-0.39, 0.29) is 5.75 Å². The van der Waals surface area contributed by atoms with Crippen molar-refractivity contribution in [1.82, 2.24) is 0 Å². The van der Waals surface area contributed by atoms with Crippen LogP contribution in [-0.4, -0.2) is 12.2 Å². The summed E-state index contributed by atoms with van der Waals surface area (Å²) in [6, 6.07) is 27.6. The van der Waals surface area contributed by atoms with Crippen LogP contribution in [0.5, 0.6) is 11.5 Å². The summed E-state index contributed by atoms with van der Waals surface area (Å²) in [5, 5.41) is 13.7. The van der Waals surface area contributed by atoms with Crippen molar-refractivity contribution in [3.05, 3.63) is 84.9 Å². The first-order chi connectivity index (χ1) is 14.2. The third-order valence-corrected chi connectivity index (χ3v) is 6.08. The molecule has 1 N–H and O–H groups in total. The van der Waals surface area contributed by atoms with Crippen LogP contribution in [0, 0.1) is 0 Å². The fourth-order valence-electron chi connectivity index (χ4n) is 3.50. The topological polar surface area (TPSA) is 42.6 Å². The normalized spacial score (nSPS) is 11.2. The number of methoxy groups -OCH3 is 1. The van der Waals surface area contributed by atoms with Gasteiger partial charge in [0.2, 0.25) is 0 Å². The second-order valence-corrected chi connectivity index (χ2v) is 7.80. The summed E-state index contributed by atoms with van der Waals surface area (Å²) in [7, 11) is 1.65.